The molecule has 7 heteroatoms. The highest BCUT2D eigenvalue weighted by Crippen LogP contribution is 2.41. The number of ketones is 1. The molecule has 2 aliphatic heterocycles. The van der Waals surface area contributed by atoms with Crippen LogP contribution in [0, 0.1) is 0 Å². The normalized spacial score (nSPS) is 19.4. The zero-order chi connectivity index (χ0) is 22.7. The highest BCUT2D eigenvalue weighted by atomic mass is 16.6. The smallest absolute Gasteiger partial charge is 0.295 e. The second kappa shape index (κ2) is 9.44. The number of hydrogen-bond acceptors (Lipinski definition) is 6. The number of aliphatic hydroxyl groups excluding tert-OH is 1. The van der Waals surface area contributed by atoms with Gasteiger partial charge in [-0.1, -0.05) is 31.2 Å². The minimum Gasteiger partial charge on any atom is -0.507 e. The van der Waals surface area contributed by atoms with Crippen LogP contribution in [-0.4, -0.2) is 55.2 Å². The predicted octanol–water partition coefficient (Wildman–Crippen LogP) is 3.48. The molecule has 4 rings (SSSR count). The summed E-state index contributed by atoms with van der Waals surface area (Å²) in [7, 11) is 1.59. The van der Waals surface area contributed by atoms with Gasteiger partial charge in [0.25, 0.3) is 11.7 Å². The molecule has 2 aromatic rings. The molecule has 1 N–H and O–H groups in total. The van der Waals surface area contributed by atoms with Crippen molar-refractivity contribution in [2.45, 2.75) is 25.8 Å². The summed E-state index contributed by atoms with van der Waals surface area (Å²) >= 11 is 0. The maximum Gasteiger partial charge on any atom is 0.295 e. The third kappa shape index (κ3) is 4.08. The first-order chi connectivity index (χ1) is 15.5. The van der Waals surface area contributed by atoms with Gasteiger partial charge in [-0.15, -0.1) is 0 Å². The molecule has 2 heterocycles. The molecule has 1 fully saturated rings. The van der Waals surface area contributed by atoms with Crippen molar-refractivity contribution in [3.63, 3.8) is 0 Å². The Balaban J connectivity index is 1.79. The Hall–Kier alpha value is -3.32. The van der Waals surface area contributed by atoms with Crippen molar-refractivity contribution < 1.29 is 28.9 Å². The number of ether oxygens (including phenoxy) is 3. The van der Waals surface area contributed by atoms with Crippen LogP contribution in [-0.2, 0) is 20.7 Å². The number of benzene rings is 2. The van der Waals surface area contributed by atoms with Crippen LogP contribution in [0.3, 0.4) is 0 Å². The number of carbonyl (C=O) groups is 2. The van der Waals surface area contributed by atoms with Gasteiger partial charge in [0.15, 0.2) is 11.5 Å². The van der Waals surface area contributed by atoms with Crippen molar-refractivity contribution in [2.24, 2.45) is 0 Å². The summed E-state index contributed by atoms with van der Waals surface area (Å²) in [5.41, 5.74) is 2.41. The minimum atomic E-state index is -0.695. The molecule has 168 valence electrons. The highest BCUT2D eigenvalue weighted by molar-refractivity contribution is 6.46. The Kier molecular flexibility index (Phi) is 6.46. The van der Waals surface area contributed by atoms with Gasteiger partial charge in [-0.05, 0) is 42.2 Å². The van der Waals surface area contributed by atoms with E-state index in [1.165, 1.54) is 4.90 Å². The Morgan fingerprint density at radius 2 is 1.81 bits per heavy atom. The average molecular weight is 437 g/mol. The quantitative estimate of drug-likeness (QED) is 0.309. The zero-order valence-corrected chi connectivity index (χ0v) is 18.3. The molecule has 0 radical (unpaired) electrons. The van der Waals surface area contributed by atoms with E-state index in [9.17, 15) is 14.7 Å². The SMILES string of the molecule is CCc1ccc(C2/C(=C(/O)c3ccc4c(c3)OCCO4)C(=O)C(=O)N2CCCOC)cc1. The number of hydrogen-bond donors (Lipinski definition) is 1. The maximum atomic E-state index is 13.1. The lowest BCUT2D eigenvalue weighted by Crippen LogP contribution is -2.31. The van der Waals surface area contributed by atoms with Crippen LogP contribution in [0.15, 0.2) is 48.0 Å². The van der Waals surface area contributed by atoms with Gasteiger partial charge in [-0.2, -0.15) is 0 Å². The Labute approximate surface area is 187 Å². The average Bonchev–Trinajstić information content (AvgIpc) is 3.08. The van der Waals surface area contributed by atoms with Crippen LogP contribution in [0.4, 0.5) is 0 Å². The minimum absolute atomic E-state index is 0.0772. The number of rotatable bonds is 7. The zero-order valence-electron chi connectivity index (χ0n) is 18.3. The van der Waals surface area contributed by atoms with Crippen molar-refractivity contribution in [1.82, 2.24) is 4.90 Å². The fourth-order valence-electron chi connectivity index (χ4n) is 4.12. The summed E-state index contributed by atoms with van der Waals surface area (Å²) in [5.74, 6) is -0.457. The van der Waals surface area contributed by atoms with Crippen LogP contribution in [0.1, 0.15) is 36.1 Å². The van der Waals surface area contributed by atoms with Crippen LogP contribution >= 0.6 is 0 Å². The molecule has 0 spiro atoms. The molecule has 0 bridgehead atoms. The first-order valence-corrected chi connectivity index (χ1v) is 10.8. The van der Waals surface area contributed by atoms with Crippen molar-refractivity contribution in [1.29, 1.82) is 0 Å². The van der Waals surface area contributed by atoms with Crippen molar-refractivity contribution in [3.8, 4) is 11.5 Å². The van der Waals surface area contributed by atoms with E-state index in [1.807, 2.05) is 24.3 Å². The van der Waals surface area contributed by atoms with E-state index >= 15 is 0 Å². The molecule has 7 nitrogen and oxygen atoms in total. The van der Waals surface area contributed by atoms with E-state index in [0.29, 0.717) is 49.8 Å². The van der Waals surface area contributed by atoms with E-state index < -0.39 is 17.7 Å². The molecule has 0 aliphatic carbocycles. The maximum absolute atomic E-state index is 13.1. The number of amides is 1. The second-order valence-corrected chi connectivity index (χ2v) is 7.79. The lowest BCUT2D eigenvalue weighted by molar-refractivity contribution is -0.140. The molecule has 0 saturated carbocycles. The van der Waals surface area contributed by atoms with Gasteiger partial charge in [0.1, 0.15) is 19.0 Å². The molecule has 1 amide bonds. The summed E-state index contributed by atoms with van der Waals surface area (Å²) in [4.78, 5) is 27.5. The van der Waals surface area contributed by atoms with E-state index in [2.05, 4.69) is 6.92 Å². The summed E-state index contributed by atoms with van der Waals surface area (Å²) in [6, 6.07) is 12.1. The number of Topliss-reactive ketones (excluding diaryl/α,β-unsaturated/α-hetero) is 1. The van der Waals surface area contributed by atoms with Crippen molar-refractivity contribution in [3.05, 3.63) is 64.7 Å². The van der Waals surface area contributed by atoms with Crippen molar-refractivity contribution in [2.75, 3.05) is 33.5 Å². The second-order valence-electron chi connectivity index (χ2n) is 7.79. The number of aliphatic hydroxyl groups is 1. The largest absolute Gasteiger partial charge is 0.507 e. The number of likely N-dealkylation sites (tertiary alicyclic amines) is 1. The van der Waals surface area contributed by atoms with Crippen LogP contribution in [0.2, 0.25) is 0 Å². The molecule has 0 aromatic heterocycles. The summed E-state index contributed by atoms with van der Waals surface area (Å²) in [6.07, 6.45) is 1.46. The van der Waals surface area contributed by atoms with Crippen LogP contribution in [0.5, 0.6) is 11.5 Å². The third-order valence-corrected chi connectivity index (χ3v) is 5.81. The number of nitrogens with zero attached hydrogens (tertiary/aromatic N) is 1. The lowest BCUT2D eigenvalue weighted by Gasteiger charge is -2.25. The molecular formula is C25H27NO6. The number of carbonyl (C=O) groups excluding carboxylic acids is 2. The van der Waals surface area contributed by atoms with Gasteiger partial charge >= 0.3 is 0 Å². The van der Waals surface area contributed by atoms with E-state index in [0.717, 1.165) is 17.5 Å². The molecule has 32 heavy (non-hydrogen) atoms. The summed E-state index contributed by atoms with van der Waals surface area (Å²) < 4.78 is 16.3. The molecule has 1 atom stereocenters. The summed E-state index contributed by atoms with van der Waals surface area (Å²) in [5, 5.41) is 11.2. The van der Waals surface area contributed by atoms with Gasteiger partial charge in [0.2, 0.25) is 0 Å². The number of methoxy groups -OCH3 is 1. The van der Waals surface area contributed by atoms with E-state index in [1.54, 1.807) is 25.3 Å². The van der Waals surface area contributed by atoms with Crippen molar-refractivity contribution >= 4 is 17.4 Å². The van der Waals surface area contributed by atoms with E-state index in [4.69, 9.17) is 14.2 Å². The molecular weight excluding hydrogens is 410 g/mol. The van der Waals surface area contributed by atoms with Gasteiger partial charge in [0, 0.05) is 25.8 Å². The Bertz CT molecular complexity index is 1040. The molecule has 1 saturated heterocycles. The fourth-order valence-corrected chi connectivity index (χ4v) is 4.12. The van der Waals surface area contributed by atoms with Crippen LogP contribution in [0.25, 0.3) is 5.76 Å². The van der Waals surface area contributed by atoms with Crippen LogP contribution < -0.4 is 9.47 Å². The standard InChI is InChI=1S/C25H27NO6/c1-3-16-5-7-17(8-6-16)22-21(24(28)25(29)26(22)11-4-12-30-2)23(27)18-9-10-19-20(15-18)32-14-13-31-19/h5-10,15,22,27H,3-4,11-14H2,1-2H3/b23-21-. The Morgan fingerprint density at radius 3 is 2.50 bits per heavy atom. The topological polar surface area (TPSA) is 85.3 Å². The van der Waals surface area contributed by atoms with Gasteiger partial charge in [0.05, 0.1) is 11.6 Å². The van der Waals surface area contributed by atoms with Gasteiger partial charge in [-0.3, -0.25) is 9.59 Å². The Morgan fingerprint density at radius 1 is 1.09 bits per heavy atom. The predicted molar refractivity (Wildman–Crippen MR) is 119 cm³/mol. The highest BCUT2D eigenvalue weighted by Gasteiger charge is 2.45. The first kappa shape index (κ1) is 21.9. The molecule has 2 aromatic carbocycles. The number of aryl methyl sites for hydroxylation is 1. The third-order valence-electron chi connectivity index (χ3n) is 5.81. The van der Waals surface area contributed by atoms with E-state index in [-0.39, 0.29) is 11.3 Å². The number of fused-ring (bicyclic) bond motifs is 1. The first-order valence-electron chi connectivity index (χ1n) is 10.8. The van der Waals surface area contributed by atoms with Gasteiger partial charge < -0.3 is 24.2 Å². The summed E-state index contributed by atoms with van der Waals surface area (Å²) in [6.45, 7) is 3.74. The fraction of sp³-hybridized carbons (Fsp3) is 0.360. The molecule has 1 unspecified atom stereocenters. The molecule has 2 aliphatic rings. The monoisotopic (exact) mass is 437 g/mol. The van der Waals surface area contributed by atoms with Gasteiger partial charge in [-0.25, -0.2) is 0 Å². The lowest BCUT2D eigenvalue weighted by atomic mass is 9.94.